The van der Waals surface area contributed by atoms with Gasteiger partial charge in [0.05, 0.1) is 4.92 Å². The minimum Gasteiger partial charge on any atom is -0.313 e. The second-order valence-electron chi connectivity index (χ2n) is 5.97. The van der Waals surface area contributed by atoms with Crippen molar-refractivity contribution in [2.24, 2.45) is 5.41 Å². The summed E-state index contributed by atoms with van der Waals surface area (Å²) in [6.07, 6.45) is 2.40. The average molecular weight is 294 g/mol. The standard InChI is InChI=1S/C15H22N2O2S/c1-4-16-14-13(9-10-15(14,2)3)20-12-7-5-11(6-8-12)17(18)19/h5-8,13-14,16H,4,9-10H2,1-3H3. The number of benzene rings is 1. The van der Waals surface area contributed by atoms with E-state index in [9.17, 15) is 10.1 Å². The summed E-state index contributed by atoms with van der Waals surface area (Å²) < 4.78 is 0. The molecule has 110 valence electrons. The minimum absolute atomic E-state index is 0.157. The van der Waals surface area contributed by atoms with E-state index in [0.717, 1.165) is 11.4 Å². The predicted molar refractivity (Wildman–Crippen MR) is 83.2 cm³/mol. The Hall–Kier alpha value is -1.07. The Balaban J connectivity index is 2.07. The monoisotopic (exact) mass is 294 g/mol. The maximum absolute atomic E-state index is 10.7. The molecule has 1 aliphatic rings. The Bertz CT molecular complexity index is 473. The second kappa shape index (κ2) is 6.14. The highest BCUT2D eigenvalue weighted by Crippen LogP contribution is 2.45. The zero-order chi connectivity index (χ0) is 14.8. The molecule has 0 aromatic heterocycles. The van der Waals surface area contributed by atoms with Gasteiger partial charge in [0.15, 0.2) is 0 Å². The first-order valence-corrected chi connectivity index (χ1v) is 7.96. The highest BCUT2D eigenvalue weighted by molar-refractivity contribution is 8.00. The Kier molecular flexibility index (Phi) is 4.70. The average Bonchev–Trinajstić information content (AvgIpc) is 2.67. The van der Waals surface area contributed by atoms with Crippen LogP contribution < -0.4 is 5.32 Å². The topological polar surface area (TPSA) is 55.2 Å². The van der Waals surface area contributed by atoms with E-state index < -0.39 is 0 Å². The first kappa shape index (κ1) is 15.3. The number of nitro benzene ring substituents is 1. The zero-order valence-electron chi connectivity index (χ0n) is 12.3. The summed E-state index contributed by atoms with van der Waals surface area (Å²) in [7, 11) is 0. The van der Waals surface area contributed by atoms with Crippen LogP contribution in [0.1, 0.15) is 33.6 Å². The van der Waals surface area contributed by atoms with E-state index in [1.54, 1.807) is 12.1 Å². The van der Waals surface area contributed by atoms with Gasteiger partial charge in [-0.2, -0.15) is 0 Å². The molecule has 2 unspecified atom stereocenters. The van der Waals surface area contributed by atoms with Crippen LogP contribution in [0.4, 0.5) is 5.69 Å². The van der Waals surface area contributed by atoms with Gasteiger partial charge < -0.3 is 5.32 Å². The van der Waals surface area contributed by atoms with Gasteiger partial charge in [0.25, 0.3) is 5.69 Å². The highest BCUT2D eigenvalue weighted by Gasteiger charge is 2.41. The van der Waals surface area contributed by atoms with E-state index in [1.807, 2.05) is 23.9 Å². The smallest absolute Gasteiger partial charge is 0.269 e. The van der Waals surface area contributed by atoms with Crippen molar-refractivity contribution in [2.75, 3.05) is 6.54 Å². The van der Waals surface area contributed by atoms with E-state index in [1.165, 1.54) is 12.8 Å². The van der Waals surface area contributed by atoms with Gasteiger partial charge in [-0.25, -0.2) is 0 Å². The summed E-state index contributed by atoms with van der Waals surface area (Å²) in [5.41, 5.74) is 0.471. The normalized spacial score (nSPS) is 24.8. The zero-order valence-corrected chi connectivity index (χ0v) is 13.1. The van der Waals surface area contributed by atoms with E-state index in [2.05, 4.69) is 26.1 Å². The van der Waals surface area contributed by atoms with Crippen LogP contribution in [-0.4, -0.2) is 22.8 Å². The molecule has 0 saturated heterocycles. The second-order valence-corrected chi connectivity index (χ2v) is 7.28. The van der Waals surface area contributed by atoms with Crippen molar-refractivity contribution in [1.82, 2.24) is 5.32 Å². The molecule has 1 N–H and O–H groups in total. The summed E-state index contributed by atoms with van der Waals surface area (Å²) in [5, 5.41) is 14.8. The third kappa shape index (κ3) is 3.33. The fourth-order valence-electron chi connectivity index (χ4n) is 2.92. The van der Waals surface area contributed by atoms with E-state index in [-0.39, 0.29) is 10.6 Å². The van der Waals surface area contributed by atoms with Crippen molar-refractivity contribution < 1.29 is 4.92 Å². The van der Waals surface area contributed by atoms with Crippen LogP contribution in [0.3, 0.4) is 0 Å². The van der Waals surface area contributed by atoms with Crippen molar-refractivity contribution in [3.63, 3.8) is 0 Å². The van der Waals surface area contributed by atoms with Crippen LogP contribution in [0.15, 0.2) is 29.2 Å². The van der Waals surface area contributed by atoms with E-state index >= 15 is 0 Å². The first-order valence-electron chi connectivity index (χ1n) is 7.08. The molecule has 1 fully saturated rings. The number of rotatable bonds is 5. The number of nitrogens with one attached hydrogen (secondary N) is 1. The van der Waals surface area contributed by atoms with Crippen LogP contribution in [0, 0.1) is 15.5 Å². The quantitative estimate of drug-likeness (QED) is 0.662. The molecule has 4 nitrogen and oxygen atoms in total. The van der Waals surface area contributed by atoms with Crippen molar-refractivity contribution in [3.05, 3.63) is 34.4 Å². The molecule has 0 aliphatic heterocycles. The fourth-order valence-corrected chi connectivity index (χ4v) is 4.39. The number of nitrogens with zero attached hydrogens (tertiary/aromatic N) is 1. The molecular formula is C15H22N2O2S. The van der Waals surface area contributed by atoms with Gasteiger partial charge in [-0.05, 0) is 36.9 Å². The lowest BCUT2D eigenvalue weighted by Crippen LogP contribution is -2.43. The SMILES string of the molecule is CCNC1C(Sc2ccc([N+](=O)[O-])cc2)CCC1(C)C. The molecule has 1 aromatic carbocycles. The summed E-state index contributed by atoms with van der Waals surface area (Å²) in [4.78, 5) is 11.4. The van der Waals surface area contributed by atoms with Crippen LogP contribution in [0.2, 0.25) is 0 Å². The molecule has 0 amide bonds. The third-order valence-electron chi connectivity index (χ3n) is 4.05. The summed E-state index contributed by atoms with van der Waals surface area (Å²) in [5.74, 6) is 0. The Morgan fingerprint density at radius 1 is 1.40 bits per heavy atom. The van der Waals surface area contributed by atoms with Gasteiger partial charge in [-0.3, -0.25) is 10.1 Å². The first-order chi connectivity index (χ1) is 9.44. The van der Waals surface area contributed by atoms with Gasteiger partial charge >= 0.3 is 0 Å². The molecule has 1 aliphatic carbocycles. The summed E-state index contributed by atoms with van der Waals surface area (Å²) in [6.45, 7) is 7.75. The number of hydrogen-bond acceptors (Lipinski definition) is 4. The molecule has 1 aromatic rings. The van der Waals surface area contributed by atoms with Crippen molar-refractivity contribution in [3.8, 4) is 0 Å². The largest absolute Gasteiger partial charge is 0.313 e. The van der Waals surface area contributed by atoms with Gasteiger partial charge in [0.1, 0.15) is 0 Å². The molecule has 5 heteroatoms. The van der Waals surface area contributed by atoms with Crippen LogP contribution in [0.5, 0.6) is 0 Å². The minimum atomic E-state index is -0.353. The molecule has 0 radical (unpaired) electrons. The van der Waals surface area contributed by atoms with Crippen LogP contribution >= 0.6 is 11.8 Å². The number of non-ortho nitro benzene ring substituents is 1. The molecular weight excluding hydrogens is 272 g/mol. The summed E-state index contributed by atoms with van der Waals surface area (Å²) in [6, 6.07) is 7.39. The van der Waals surface area contributed by atoms with Crippen molar-refractivity contribution in [2.45, 2.75) is 49.8 Å². The van der Waals surface area contributed by atoms with Gasteiger partial charge in [0, 0.05) is 28.3 Å². The molecule has 2 rings (SSSR count). The molecule has 1 saturated carbocycles. The van der Waals surface area contributed by atoms with E-state index in [4.69, 9.17) is 0 Å². The Morgan fingerprint density at radius 2 is 2.05 bits per heavy atom. The third-order valence-corrected chi connectivity index (χ3v) is 5.40. The summed E-state index contributed by atoms with van der Waals surface area (Å²) >= 11 is 1.84. The number of hydrogen-bond donors (Lipinski definition) is 1. The molecule has 2 atom stereocenters. The van der Waals surface area contributed by atoms with Crippen molar-refractivity contribution in [1.29, 1.82) is 0 Å². The van der Waals surface area contributed by atoms with Gasteiger partial charge in [-0.1, -0.05) is 20.8 Å². The van der Waals surface area contributed by atoms with E-state index in [0.29, 0.717) is 16.7 Å². The number of thioether (sulfide) groups is 1. The lowest BCUT2D eigenvalue weighted by molar-refractivity contribution is -0.384. The van der Waals surface area contributed by atoms with Crippen molar-refractivity contribution >= 4 is 17.4 Å². The molecule has 0 heterocycles. The predicted octanol–water partition coefficient (Wildman–Crippen LogP) is 3.85. The maximum Gasteiger partial charge on any atom is 0.269 e. The van der Waals surface area contributed by atoms with Crippen LogP contribution in [-0.2, 0) is 0 Å². The highest BCUT2D eigenvalue weighted by atomic mass is 32.2. The maximum atomic E-state index is 10.7. The Morgan fingerprint density at radius 3 is 2.60 bits per heavy atom. The van der Waals surface area contributed by atoms with Gasteiger partial charge in [-0.15, -0.1) is 11.8 Å². The van der Waals surface area contributed by atoms with Crippen LogP contribution in [0.25, 0.3) is 0 Å². The molecule has 20 heavy (non-hydrogen) atoms. The van der Waals surface area contributed by atoms with Gasteiger partial charge in [0.2, 0.25) is 0 Å². The molecule has 0 spiro atoms. The Labute approximate surface area is 124 Å². The molecule has 0 bridgehead atoms. The lowest BCUT2D eigenvalue weighted by atomic mass is 9.87. The fraction of sp³-hybridized carbons (Fsp3) is 0.600. The number of nitro groups is 1. The lowest BCUT2D eigenvalue weighted by Gasteiger charge is -2.31.